The number of amides is 1. The Kier molecular flexibility index (Phi) is 5.61. The molecule has 1 aromatic heterocycles. The van der Waals surface area contributed by atoms with Crippen LogP contribution in [0, 0.1) is 0 Å². The van der Waals surface area contributed by atoms with Crippen molar-refractivity contribution in [3.05, 3.63) is 54.1 Å². The number of anilines is 2. The quantitative estimate of drug-likeness (QED) is 0.312. The molecule has 2 heterocycles. The first-order valence-corrected chi connectivity index (χ1v) is 9.76. The molecule has 4 rings (SSSR count). The summed E-state index contributed by atoms with van der Waals surface area (Å²) >= 11 is 1.23. The van der Waals surface area contributed by atoms with Crippen molar-refractivity contribution in [3.63, 3.8) is 0 Å². The van der Waals surface area contributed by atoms with E-state index in [2.05, 4.69) is 31.0 Å². The van der Waals surface area contributed by atoms with Gasteiger partial charge in [-0.15, -0.1) is 5.10 Å². The maximum absolute atomic E-state index is 12.0. The number of rotatable bonds is 7. The third-order valence-corrected chi connectivity index (χ3v) is 4.82. The predicted molar refractivity (Wildman–Crippen MR) is 111 cm³/mol. The predicted octanol–water partition coefficient (Wildman–Crippen LogP) is 3.10. The van der Waals surface area contributed by atoms with Crippen LogP contribution >= 0.6 is 11.8 Å². The number of H-pyrrole nitrogens is 1. The molecule has 0 fully saturated rings. The summed E-state index contributed by atoms with van der Waals surface area (Å²) < 4.78 is 10.7. The van der Waals surface area contributed by atoms with E-state index in [1.807, 2.05) is 55.5 Å². The second-order valence-electron chi connectivity index (χ2n) is 6.05. The van der Waals surface area contributed by atoms with E-state index < -0.39 is 0 Å². The lowest BCUT2D eigenvalue weighted by Crippen LogP contribution is -2.13. The summed E-state index contributed by atoms with van der Waals surface area (Å²) in [6.45, 7) is 2.10. The number of ether oxygens (including phenoxy) is 2. The van der Waals surface area contributed by atoms with Gasteiger partial charge < -0.3 is 14.8 Å². The molecule has 3 N–H and O–H groups in total. The van der Waals surface area contributed by atoms with Gasteiger partial charge >= 0.3 is 0 Å². The molecule has 1 aliphatic heterocycles. The highest BCUT2D eigenvalue weighted by molar-refractivity contribution is 7.99. The average Bonchev–Trinajstić information content (AvgIpc) is 3.40. The van der Waals surface area contributed by atoms with E-state index >= 15 is 0 Å². The third-order valence-electron chi connectivity index (χ3n) is 3.97. The molecule has 0 bridgehead atoms. The van der Waals surface area contributed by atoms with Crippen LogP contribution in [0.4, 0.5) is 11.6 Å². The fraction of sp³-hybridized carbons (Fsp3) is 0.158. The van der Waals surface area contributed by atoms with E-state index in [9.17, 15) is 4.79 Å². The summed E-state index contributed by atoms with van der Waals surface area (Å²) in [5.74, 6) is 1.88. The van der Waals surface area contributed by atoms with Gasteiger partial charge in [0.15, 0.2) is 11.5 Å². The van der Waals surface area contributed by atoms with Crippen LogP contribution in [0.3, 0.4) is 0 Å². The molecule has 10 heteroatoms. The lowest BCUT2D eigenvalue weighted by atomic mass is 10.1. The standard InChI is InChI=1S/C19H18N6O3S/c1-12(13-7-8-15-16(9-13)28-11-27-15)22-23-18-21-19(25-24-18)29-10-17(26)20-14-5-3-2-4-6-14/h2-9H,10-11H2,1H3,(H,20,26)(H2,21,23,24,25)/b22-12+. The highest BCUT2D eigenvalue weighted by Gasteiger charge is 2.14. The molecule has 0 saturated heterocycles. The maximum Gasteiger partial charge on any atom is 0.240 e. The lowest BCUT2D eigenvalue weighted by Gasteiger charge is -2.03. The number of hydrogen-bond donors (Lipinski definition) is 3. The molecule has 9 nitrogen and oxygen atoms in total. The maximum atomic E-state index is 12.0. The van der Waals surface area contributed by atoms with Gasteiger partial charge in [-0.2, -0.15) is 10.1 Å². The average molecular weight is 410 g/mol. The Morgan fingerprint density at radius 3 is 2.90 bits per heavy atom. The largest absolute Gasteiger partial charge is 0.454 e. The number of para-hydroxylation sites is 1. The summed E-state index contributed by atoms with van der Waals surface area (Å²) in [6.07, 6.45) is 0. The van der Waals surface area contributed by atoms with Crippen LogP contribution < -0.4 is 20.2 Å². The third kappa shape index (κ3) is 4.85. The van der Waals surface area contributed by atoms with E-state index in [0.29, 0.717) is 16.9 Å². The van der Waals surface area contributed by atoms with Crippen molar-refractivity contribution < 1.29 is 14.3 Å². The summed E-state index contributed by atoms with van der Waals surface area (Å²) in [6, 6.07) is 14.9. The molecule has 1 aliphatic rings. The van der Waals surface area contributed by atoms with Gasteiger partial charge in [-0.25, -0.2) is 10.5 Å². The summed E-state index contributed by atoms with van der Waals surface area (Å²) in [4.78, 5) is 16.3. The first kappa shape index (κ1) is 18.8. The highest BCUT2D eigenvalue weighted by atomic mass is 32.2. The van der Waals surface area contributed by atoms with Crippen LogP contribution in [-0.4, -0.2) is 39.3 Å². The second-order valence-corrected chi connectivity index (χ2v) is 6.99. The van der Waals surface area contributed by atoms with Crippen LogP contribution in [0.2, 0.25) is 0 Å². The molecule has 3 aromatic rings. The van der Waals surface area contributed by atoms with E-state index in [1.54, 1.807) is 0 Å². The van der Waals surface area contributed by atoms with E-state index in [1.165, 1.54) is 11.8 Å². The monoisotopic (exact) mass is 410 g/mol. The second kappa shape index (κ2) is 8.65. The van der Waals surface area contributed by atoms with Gasteiger partial charge in [-0.1, -0.05) is 30.0 Å². The van der Waals surface area contributed by atoms with E-state index in [-0.39, 0.29) is 18.5 Å². The number of nitrogens with one attached hydrogen (secondary N) is 3. The smallest absolute Gasteiger partial charge is 0.240 e. The van der Waals surface area contributed by atoms with Crippen molar-refractivity contribution in [2.45, 2.75) is 12.1 Å². The van der Waals surface area contributed by atoms with Crippen molar-refractivity contribution in [2.75, 3.05) is 23.3 Å². The fourth-order valence-corrected chi connectivity index (χ4v) is 3.13. The van der Waals surface area contributed by atoms with Crippen molar-refractivity contribution >= 4 is 35.0 Å². The van der Waals surface area contributed by atoms with Crippen LogP contribution in [0.1, 0.15) is 12.5 Å². The van der Waals surface area contributed by atoms with Gasteiger partial charge in [0.2, 0.25) is 23.8 Å². The number of thioether (sulfide) groups is 1. The molecule has 0 spiro atoms. The van der Waals surface area contributed by atoms with Gasteiger partial charge in [0.25, 0.3) is 0 Å². The number of aromatic nitrogens is 3. The Bertz CT molecular complexity index is 1040. The topological polar surface area (TPSA) is 114 Å². The van der Waals surface area contributed by atoms with Crippen LogP contribution in [0.5, 0.6) is 11.5 Å². The van der Waals surface area contributed by atoms with Crippen LogP contribution in [0.15, 0.2) is 58.8 Å². The summed E-state index contributed by atoms with van der Waals surface area (Å²) in [5.41, 5.74) is 5.23. The summed E-state index contributed by atoms with van der Waals surface area (Å²) in [7, 11) is 0. The Hall–Kier alpha value is -3.53. The number of hydrazone groups is 1. The molecule has 0 aliphatic carbocycles. The minimum atomic E-state index is -0.128. The van der Waals surface area contributed by atoms with E-state index in [0.717, 1.165) is 22.7 Å². The molecule has 148 valence electrons. The normalized spacial score (nSPS) is 12.7. The Balaban J connectivity index is 1.30. The molecule has 0 saturated carbocycles. The number of hydrogen-bond acceptors (Lipinski definition) is 8. The van der Waals surface area contributed by atoms with Crippen molar-refractivity contribution in [2.24, 2.45) is 5.10 Å². The van der Waals surface area contributed by atoms with E-state index in [4.69, 9.17) is 9.47 Å². The van der Waals surface area contributed by atoms with Crippen molar-refractivity contribution in [1.29, 1.82) is 0 Å². The zero-order valence-electron chi connectivity index (χ0n) is 15.5. The Morgan fingerprint density at radius 2 is 2.03 bits per heavy atom. The van der Waals surface area contributed by atoms with Gasteiger partial charge in [0, 0.05) is 11.3 Å². The fourth-order valence-electron chi connectivity index (χ4n) is 2.53. The molecule has 0 atom stereocenters. The number of carbonyl (C=O) groups excluding carboxylic acids is 1. The van der Waals surface area contributed by atoms with Crippen molar-refractivity contribution in [3.8, 4) is 11.5 Å². The van der Waals surface area contributed by atoms with Gasteiger partial charge in [0.05, 0.1) is 11.5 Å². The lowest BCUT2D eigenvalue weighted by molar-refractivity contribution is -0.113. The van der Waals surface area contributed by atoms with Crippen LogP contribution in [0.25, 0.3) is 0 Å². The van der Waals surface area contributed by atoms with Gasteiger partial charge in [0.1, 0.15) is 0 Å². The number of fused-ring (bicyclic) bond motifs is 1. The molecule has 0 radical (unpaired) electrons. The minimum absolute atomic E-state index is 0.128. The first-order valence-electron chi connectivity index (χ1n) is 8.78. The zero-order valence-corrected chi connectivity index (χ0v) is 16.3. The minimum Gasteiger partial charge on any atom is -0.454 e. The summed E-state index contributed by atoms with van der Waals surface area (Å²) in [5, 5.41) is 14.4. The van der Waals surface area contributed by atoms with Gasteiger partial charge in [-0.3, -0.25) is 4.79 Å². The zero-order chi connectivity index (χ0) is 20.1. The molecule has 1 amide bonds. The molecule has 2 aromatic carbocycles. The highest BCUT2D eigenvalue weighted by Crippen LogP contribution is 2.32. The molecule has 29 heavy (non-hydrogen) atoms. The SMILES string of the molecule is C/C(=N\Nc1nc(SCC(=O)Nc2ccccc2)n[nH]1)c1ccc2c(c1)OCO2. The Labute approximate surface area is 170 Å². The molecule has 0 unspecified atom stereocenters. The number of aromatic amines is 1. The van der Waals surface area contributed by atoms with Crippen LogP contribution in [-0.2, 0) is 4.79 Å². The molecular formula is C19H18N6O3S. The van der Waals surface area contributed by atoms with Crippen molar-refractivity contribution in [1.82, 2.24) is 15.2 Å². The number of carbonyl (C=O) groups is 1. The Morgan fingerprint density at radius 1 is 1.21 bits per heavy atom. The first-order chi connectivity index (χ1) is 14.2. The molecular weight excluding hydrogens is 392 g/mol. The number of benzene rings is 2. The van der Waals surface area contributed by atoms with Gasteiger partial charge in [-0.05, 0) is 37.3 Å². The number of nitrogens with zero attached hydrogens (tertiary/aromatic N) is 3.